The number of hydrogen-bond acceptors (Lipinski definition) is 2. The van der Waals surface area contributed by atoms with Crippen LogP contribution in [0.4, 0.5) is 4.79 Å². The summed E-state index contributed by atoms with van der Waals surface area (Å²) in [6.45, 7) is 3.74. The van der Waals surface area contributed by atoms with Crippen LogP contribution < -0.4 is 10.6 Å². The zero-order valence-electron chi connectivity index (χ0n) is 10.5. The monoisotopic (exact) mass is 260 g/mol. The van der Waals surface area contributed by atoms with Crippen LogP contribution in [0.25, 0.3) is 0 Å². The molecule has 0 bridgehead atoms. The van der Waals surface area contributed by atoms with Gasteiger partial charge in [-0.1, -0.05) is 13.3 Å². The second-order valence-corrected chi connectivity index (χ2v) is 5.36. The lowest BCUT2D eigenvalue weighted by molar-refractivity contribution is -0.119. The average Bonchev–Trinajstić information content (AvgIpc) is 2.29. The largest absolute Gasteiger partial charge is 0.335 e. The molecule has 1 saturated carbocycles. The Bertz CT molecular complexity index is 274. The summed E-state index contributed by atoms with van der Waals surface area (Å²) in [6.07, 6.45) is 5.51. The first kappa shape index (κ1) is 14.3. The first-order valence-corrected chi connectivity index (χ1v) is 6.72. The van der Waals surface area contributed by atoms with Gasteiger partial charge in [0.25, 0.3) is 0 Å². The lowest BCUT2D eigenvalue weighted by atomic mass is 9.85. The molecule has 1 aliphatic rings. The molecule has 0 heterocycles. The molecule has 1 unspecified atom stereocenters. The summed E-state index contributed by atoms with van der Waals surface area (Å²) in [4.78, 5) is 22.7. The number of imide groups is 1. The molecule has 0 aromatic heterocycles. The van der Waals surface area contributed by atoms with Crippen molar-refractivity contribution in [2.75, 3.05) is 0 Å². The first-order valence-electron chi connectivity index (χ1n) is 6.28. The van der Waals surface area contributed by atoms with Crippen molar-refractivity contribution in [3.8, 4) is 0 Å². The number of urea groups is 1. The summed E-state index contributed by atoms with van der Waals surface area (Å²) in [5, 5.41) is 4.37. The maximum absolute atomic E-state index is 11.5. The van der Waals surface area contributed by atoms with Gasteiger partial charge in [-0.05, 0) is 38.5 Å². The number of hydrogen-bond donors (Lipinski definition) is 2. The van der Waals surface area contributed by atoms with E-state index in [-0.39, 0.29) is 6.04 Å². The van der Waals surface area contributed by atoms with Crippen molar-refractivity contribution in [2.24, 2.45) is 5.92 Å². The van der Waals surface area contributed by atoms with Crippen molar-refractivity contribution in [1.29, 1.82) is 0 Å². The van der Waals surface area contributed by atoms with Crippen LogP contribution in [0.15, 0.2) is 0 Å². The SMILES string of the molecule is CCC1CCC(NC(=O)NC(=O)C(C)Cl)CC1. The summed E-state index contributed by atoms with van der Waals surface area (Å²) in [5.74, 6) is 0.340. The van der Waals surface area contributed by atoms with Crippen molar-refractivity contribution in [2.45, 2.75) is 57.4 Å². The summed E-state index contributed by atoms with van der Waals surface area (Å²) >= 11 is 5.56. The number of rotatable bonds is 3. The molecule has 0 aromatic rings. The molecule has 0 aliphatic heterocycles. The van der Waals surface area contributed by atoms with Gasteiger partial charge >= 0.3 is 6.03 Å². The van der Waals surface area contributed by atoms with E-state index in [1.54, 1.807) is 0 Å². The van der Waals surface area contributed by atoms with Crippen molar-refractivity contribution in [1.82, 2.24) is 10.6 Å². The van der Waals surface area contributed by atoms with Crippen LogP contribution in [0.2, 0.25) is 0 Å². The molecule has 0 aromatic carbocycles. The van der Waals surface area contributed by atoms with Gasteiger partial charge in [0, 0.05) is 6.04 Å². The van der Waals surface area contributed by atoms with Crippen LogP contribution in [0.3, 0.4) is 0 Å². The van der Waals surface area contributed by atoms with Gasteiger partial charge in [0.05, 0.1) is 0 Å². The predicted molar refractivity (Wildman–Crippen MR) is 68.0 cm³/mol. The minimum Gasteiger partial charge on any atom is -0.335 e. The van der Waals surface area contributed by atoms with Crippen LogP contribution in [-0.4, -0.2) is 23.4 Å². The molecule has 98 valence electrons. The molecule has 17 heavy (non-hydrogen) atoms. The van der Waals surface area contributed by atoms with E-state index in [1.807, 2.05) is 0 Å². The Morgan fingerprint density at radius 3 is 2.35 bits per heavy atom. The predicted octanol–water partition coefficient (Wildman–Crippen LogP) is 2.41. The fourth-order valence-electron chi connectivity index (χ4n) is 2.15. The van der Waals surface area contributed by atoms with Crippen molar-refractivity contribution in [3.05, 3.63) is 0 Å². The van der Waals surface area contributed by atoms with Gasteiger partial charge in [-0.25, -0.2) is 4.79 Å². The zero-order chi connectivity index (χ0) is 12.8. The molecule has 2 N–H and O–H groups in total. The number of nitrogens with one attached hydrogen (secondary N) is 2. The molecule has 1 rings (SSSR count). The molecule has 0 saturated heterocycles. The molecule has 1 fully saturated rings. The lowest BCUT2D eigenvalue weighted by Crippen LogP contribution is -2.47. The number of amides is 3. The lowest BCUT2D eigenvalue weighted by Gasteiger charge is -2.28. The molecular weight excluding hydrogens is 240 g/mol. The Labute approximate surface area is 107 Å². The van der Waals surface area contributed by atoms with Crippen LogP contribution in [-0.2, 0) is 4.79 Å². The topological polar surface area (TPSA) is 58.2 Å². The number of halogens is 1. The van der Waals surface area contributed by atoms with Gasteiger partial charge in [0.2, 0.25) is 5.91 Å². The highest BCUT2D eigenvalue weighted by Crippen LogP contribution is 2.26. The van der Waals surface area contributed by atoms with E-state index in [4.69, 9.17) is 11.6 Å². The minimum absolute atomic E-state index is 0.191. The molecule has 0 spiro atoms. The average molecular weight is 261 g/mol. The van der Waals surface area contributed by atoms with E-state index in [0.29, 0.717) is 0 Å². The second-order valence-electron chi connectivity index (χ2n) is 4.70. The van der Waals surface area contributed by atoms with Gasteiger partial charge < -0.3 is 5.32 Å². The van der Waals surface area contributed by atoms with Crippen LogP contribution >= 0.6 is 11.6 Å². The minimum atomic E-state index is -0.684. The molecule has 4 nitrogen and oxygen atoms in total. The Morgan fingerprint density at radius 2 is 1.88 bits per heavy atom. The highest BCUT2D eigenvalue weighted by atomic mass is 35.5. The first-order chi connectivity index (χ1) is 8.02. The molecule has 3 amide bonds. The summed E-state index contributed by atoms with van der Waals surface area (Å²) < 4.78 is 0. The normalized spacial score (nSPS) is 26.1. The van der Waals surface area contributed by atoms with Crippen LogP contribution in [0, 0.1) is 5.92 Å². The second kappa shape index (κ2) is 6.84. The van der Waals surface area contributed by atoms with Crippen molar-refractivity contribution < 1.29 is 9.59 Å². The van der Waals surface area contributed by atoms with Gasteiger partial charge in [0.1, 0.15) is 5.38 Å². The number of carbonyl (C=O) groups is 2. The standard InChI is InChI=1S/C12H21ClN2O2/c1-3-9-4-6-10(7-5-9)14-12(17)15-11(16)8(2)13/h8-10H,3-7H2,1-2H3,(H2,14,15,16,17). The van der Waals surface area contributed by atoms with E-state index < -0.39 is 17.3 Å². The van der Waals surface area contributed by atoms with Gasteiger partial charge in [0.15, 0.2) is 0 Å². The smallest absolute Gasteiger partial charge is 0.321 e. The highest BCUT2D eigenvalue weighted by Gasteiger charge is 2.22. The molecule has 0 radical (unpaired) electrons. The van der Waals surface area contributed by atoms with Gasteiger partial charge in [-0.15, -0.1) is 11.6 Å². The maximum Gasteiger partial charge on any atom is 0.321 e. The molecule has 1 aliphatic carbocycles. The Hall–Kier alpha value is -0.770. The van der Waals surface area contributed by atoms with Crippen LogP contribution in [0.5, 0.6) is 0 Å². The van der Waals surface area contributed by atoms with E-state index in [9.17, 15) is 9.59 Å². The van der Waals surface area contributed by atoms with E-state index in [0.717, 1.165) is 31.6 Å². The Kier molecular flexibility index (Phi) is 5.75. The quantitative estimate of drug-likeness (QED) is 0.766. The summed E-state index contributed by atoms with van der Waals surface area (Å²) in [7, 11) is 0. The fourth-order valence-corrected chi connectivity index (χ4v) is 2.20. The Morgan fingerprint density at radius 1 is 1.29 bits per heavy atom. The number of carbonyl (C=O) groups excluding carboxylic acids is 2. The van der Waals surface area contributed by atoms with Crippen molar-refractivity contribution in [3.63, 3.8) is 0 Å². The molecule has 5 heteroatoms. The third kappa shape index (κ3) is 4.94. The van der Waals surface area contributed by atoms with Gasteiger partial charge in [-0.3, -0.25) is 10.1 Å². The molecule has 1 atom stereocenters. The summed E-state index contributed by atoms with van der Waals surface area (Å²) in [6, 6.07) is -0.237. The Balaban J connectivity index is 2.26. The third-order valence-electron chi connectivity index (χ3n) is 3.36. The van der Waals surface area contributed by atoms with E-state index >= 15 is 0 Å². The molecular formula is C12H21ClN2O2. The maximum atomic E-state index is 11.5. The van der Waals surface area contributed by atoms with E-state index in [2.05, 4.69) is 17.6 Å². The van der Waals surface area contributed by atoms with E-state index in [1.165, 1.54) is 13.3 Å². The zero-order valence-corrected chi connectivity index (χ0v) is 11.2. The summed E-state index contributed by atoms with van der Waals surface area (Å²) in [5.41, 5.74) is 0. The van der Waals surface area contributed by atoms with Crippen molar-refractivity contribution >= 4 is 23.5 Å². The fraction of sp³-hybridized carbons (Fsp3) is 0.833. The highest BCUT2D eigenvalue weighted by molar-refractivity contribution is 6.31. The van der Waals surface area contributed by atoms with Gasteiger partial charge in [-0.2, -0.15) is 0 Å². The number of alkyl halides is 1. The van der Waals surface area contributed by atoms with Crippen LogP contribution in [0.1, 0.15) is 46.0 Å². The third-order valence-corrected chi connectivity index (χ3v) is 3.56.